The van der Waals surface area contributed by atoms with E-state index in [0.717, 1.165) is 11.3 Å². The molecule has 0 bridgehead atoms. The van der Waals surface area contributed by atoms with Gasteiger partial charge in [0.05, 0.1) is 18.7 Å². The maximum absolute atomic E-state index is 12.8. The van der Waals surface area contributed by atoms with Gasteiger partial charge in [0, 0.05) is 18.7 Å². The highest BCUT2D eigenvalue weighted by atomic mass is 16.5. The molecule has 0 aromatic heterocycles. The molecular weight excluding hydrogens is 392 g/mol. The molecule has 4 rings (SSSR count). The van der Waals surface area contributed by atoms with E-state index in [2.05, 4.69) is 5.32 Å². The van der Waals surface area contributed by atoms with Crippen LogP contribution in [0.1, 0.15) is 12.0 Å². The summed E-state index contributed by atoms with van der Waals surface area (Å²) < 4.78 is 11.2. The molecule has 1 heterocycles. The van der Waals surface area contributed by atoms with Crippen LogP contribution in [0.4, 0.5) is 11.4 Å². The fourth-order valence-electron chi connectivity index (χ4n) is 3.62. The summed E-state index contributed by atoms with van der Waals surface area (Å²) >= 11 is 0. The summed E-state index contributed by atoms with van der Waals surface area (Å²) in [4.78, 5) is 26.9. The highest BCUT2D eigenvalue weighted by Gasteiger charge is 2.36. The molecule has 0 unspecified atom stereocenters. The minimum atomic E-state index is -0.430. The lowest BCUT2D eigenvalue weighted by Crippen LogP contribution is -2.28. The van der Waals surface area contributed by atoms with E-state index in [1.807, 2.05) is 61.5 Å². The van der Waals surface area contributed by atoms with Gasteiger partial charge < -0.3 is 19.7 Å². The van der Waals surface area contributed by atoms with Crippen LogP contribution in [0.25, 0.3) is 0 Å². The van der Waals surface area contributed by atoms with Gasteiger partial charge in [0.2, 0.25) is 11.8 Å². The van der Waals surface area contributed by atoms with Gasteiger partial charge in [-0.2, -0.15) is 0 Å². The first-order valence-corrected chi connectivity index (χ1v) is 10.1. The Morgan fingerprint density at radius 3 is 2.35 bits per heavy atom. The number of hydrogen-bond donors (Lipinski definition) is 1. The molecule has 6 heteroatoms. The molecule has 6 nitrogen and oxygen atoms in total. The Bertz CT molecular complexity index is 1090. The lowest BCUT2D eigenvalue weighted by atomic mass is 10.1. The van der Waals surface area contributed by atoms with Crippen molar-refractivity contribution in [3.63, 3.8) is 0 Å². The molecule has 1 atom stereocenters. The van der Waals surface area contributed by atoms with Crippen LogP contribution in [-0.2, 0) is 9.59 Å². The second-order valence-corrected chi connectivity index (χ2v) is 7.46. The Morgan fingerprint density at radius 1 is 0.968 bits per heavy atom. The predicted molar refractivity (Wildman–Crippen MR) is 120 cm³/mol. The highest BCUT2D eigenvalue weighted by Crippen LogP contribution is 2.33. The number of nitrogens with one attached hydrogen (secondary N) is 1. The molecule has 3 aromatic rings. The van der Waals surface area contributed by atoms with Crippen LogP contribution < -0.4 is 19.7 Å². The number of aryl methyl sites for hydroxylation is 1. The molecule has 0 saturated carbocycles. The van der Waals surface area contributed by atoms with E-state index in [1.165, 1.54) is 0 Å². The van der Waals surface area contributed by atoms with Gasteiger partial charge in [0.15, 0.2) is 0 Å². The summed E-state index contributed by atoms with van der Waals surface area (Å²) in [5.74, 6) is 1.39. The number of benzene rings is 3. The standard InChI is InChI=1S/C25H24N2O4/c1-17-7-3-5-9-22(17)31-20-13-11-19(12-14-20)26-25(29)18-15-24(28)27(16-18)21-8-4-6-10-23(21)30-2/h3-14,18H,15-16H2,1-2H3,(H,26,29)/t18-/m0/s1. The zero-order chi connectivity index (χ0) is 21.8. The minimum absolute atomic E-state index is 0.0911. The first kappa shape index (κ1) is 20.5. The largest absolute Gasteiger partial charge is 0.495 e. The van der Waals surface area contributed by atoms with E-state index in [1.54, 1.807) is 30.2 Å². The van der Waals surface area contributed by atoms with Gasteiger partial charge >= 0.3 is 0 Å². The van der Waals surface area contributed by atoms with Crippen LogP contribution in [0, 0.1) is 12.8 Å². The van der Waals surface area contributed by atoms with Gasteiger partial charge in [0.25, 0.3) is 0 Å². The van der Waals surface area contributed by atoms with E-state index < -0.39 is 5.92 Å². The number of rotatable bonds is 6. The van der Waals surface area contributed by atoms with Crippen molar-refractivity contribution in [2.75, 3.05) is 23.9 Å². The zero-order valence-electron chi connectivity index (χ0n) is 17.5. The number of para-hydroxylation sites is 3. The molecule has 3 aromatic carbocycles. The number of hydrogen-bond acceptors (Lipinski definition) is 4. The third kappa shape index (κ3) is 4.53. The van der Waals surface area contributed by atoms with Crippen molar-refractivity contribution in [1.29, 1.82) is 0 Å². The fourth-order valence-corrected chi connectivity index (χ4v) is 3.62. The molecule has 2 amide bonds. The summed E-state index contributed by atoms with van der Waals surface area (Å²) in [5, 5.41) is 2.90. The van der Waals surface area contributed by atoms with E-state index in [-0.39, 0.29) is 18.2 Å². The van der Waals surface area contributed by atoms with Crippen molar-refractivity contribution in [2.45, 2.75) is 13.3 Å². The molecule has 1 aliphatic heterocycles. The van der Waals surface area contributed by atoms with E-state index in [4.69, 9.17) is 9.47 Å². The average Bonchev–Trinajstić information content (AvgIpc) is 3.18. The number of carbonyl (C=O) groups excluding carboxylic acids is 2. The SMILES string of the molecule is COc1ccccc1N1C[C@@H](C(=O)Nc2ccc(Oc3ccccc3C)cc2)CC1=O. The zero-order valence-corrected chi connectivity index (χ0v) is 17.5. The van der Waals surface area contributed by atoms with Gasteiger partial charge in [-0.1, -0.05) is 30.3 Å². The smallest absolute Gasteiger partial charge is 0.229 e. The molecular formula is C25H24N2O4. The Morgan fingerprint density at radius 2 is 1.65 bits per heavy atom. The summed E-state index contributed by atoms with van der Waals surface area (Å²) in [6.07, 6.45) is 0.165. The van der Waals surface area contributed by atoms with Crippen molar-refractivity contribution >= 4 is 23.2 Å². The van der Waals surface area contributed by atoms with Crippen molar-refractivity contribution in [2.24, 2.45) is 5.92 Å². The van der Waals surface area contributed by atoms with Crippen molar-refractivity contribution in [3.05, 3.63) is 78.4 Å². The Labute approximate surface area is 181 Å². The van der Waals surface area contributed by atoms with Crippen LogP contribution in [0.2, 0.25) is 0 Å². The number of amides is 2. The highest BCUT2D eigenvalue weighted by molar-refractivity contribution is 6.04. The Kier molecular flexibility index (Phi) is 5.89. The number of carbonyl (C=O) groups is 2. The first-order chi connectivity index (χ1) is 15.0. The second kappa shape index (κ2) is 8.92. The lowest BCUT2D eigenvalue weighted by molar-refractivity contribution is -0.122. The Balaban J connectivity index is 1.39. The summed E-state index contributed by atoms with van der Waals surface area (Å²) in [6, 6.07) is 22.3. The van der Waals surface area contributed by atoms with Crippen molar-refractivity contribution in [3.8, 4) is 17.2 Å². The molecule has 1 fully saturated rings. The predicted octanol–water partition coefficient (Wildman–Crippen LogP) is 4.79. The summed E-state index contributed by atoms with van der Waals surface area (Å²) in [5.41, 5.74) is 2.39. The Hall–Kier alpha value is -3.80. The fraction of sp³-hybridized carbons (Fsp3) is 0.200. The van der Waals surface area contributed by atoms with E-state index in [9.17, 15) is 9.59 Å². The molecule has 1 aliphatic rings. The number of anilines is 2. The molecule has 31 heavy (non-hydrogen) atoms. The van der Waals surface area contributed by atoms with Crippen LogP contribution in [0.5, 0.6) is 17.2 Å². The minimum Gasteiger partial charge on any atom is -0.495 e. The second-order valence-electron chi connectivity index (χ2n) is 7.46. The third-order valence-corrected chi connectivity index (χ3v) is 5.32. The normalized spacial score (nSPS) is 15.6. The number of nitrogens with zero attached hydrogens (tertiary/aromatic N) is 1. The summed E-state index contributed by atoms with van der Waals surface area (Å²) in [6.45, 7) is 2.31. The number of methoxy groups -OCH3 is 1. The van der Waals surface area contributed by atoms with Crippen molar-refractivity contribution < 1.29 is 19.1 Å². The van der Waals surface area contributed by atoms with Gasteiger partial charge in [-0.3, -0.25) is 9.59 Å². The van der Waals surface area contributed by atoms with Gasteiger partial charge in [-0.05, 0) is 55.0 Å². The van der Waals surface area contributed by atoms with Gasteiger partial charge in [-0.15, -0.1) is 0 Å². The maximum atomic E-state index is 12.8. The monoisotopic (exact) mass is 416 g/mol. The third-order valence-electron chi connectivity index (χ3n) is 5.32. The lowest BCUT2D eigenvalue weighted by Gasteiger charge is -2.19. The van der Waals surface area contributed by atoms with E-state index >= 15 is 0 Å². The average molecular weight is 416 g/mol. The van der Waals surface area contributed by atoms with E-state index in [0.29, 0.717) is 29.4 Å². The van der Waals surface area contributed by atoms with Gasteiger partial charge in [-0.25, -0.2) is 0 Å². The molecule has 0 radical (unpaired) electrons. The first-order valence-electron chi connectivity index (χ1n) is 10.1. The quantitative estimate of drug-likeness (QED) is 0.628. The van der Waals surface area contributed by atoms with Crippen LogP contribution in [0.3, 0.4) is 0 Å². The van der Waals surface area contributed by atoms with Crippen LogP contribution in [0.15, 0.2) is 72.8 Å². The molecule has 1 N–H and O–H groups in total. The van der Waals surface area contributed by atoms with Crippen LogP contribution in [-0.4, -0.2) is 25.5 Å². The van der Waals surface area contributed by atoms with Crippen LogP contribution >= 0.6 is 0 Å². The van der Waals surface area contributed by atoms with Crippen molar-refractivity contribution in [1.82, 2.24) is 0 Å². The molecule has 0 spiro atoms. The number of ether oxygens (including phenoxy) is 2. The topological polar surface area (TPSA) is 67.9 Å². The maximum Gasteiger partial charge on any atom is 0.229 e. The molecule has 0 aliphatic carbocycles. The molecule has 1 saturated heterocycles. The molecule has 158 valence electrons. The van der Waals surface area contributed by atoms with Gasteiger partial charge in [0.1, 0.15) is 17.2 Å². The summed E-state index contributed by atoms with van der Waals surface area (Å²) in [7, 11) is 1.57.